The summed E-state index contributed by atoms with van der Waals surface area (Å²) in [6.45, 7) is 1.57. The molecule has 1 aromatic heterocycles. The lowest BCUT2D eigenvalue weighted by Crippen LogP contribution is -2.28. The molecule has 27 heavy (non-hydrogen) atoms. The van der Waals surface area contributed by atoms with Gasteiger partial charge in [-0.3, -0.25) is 14.9 Å². The van der Waals surface area contributed by atoms with E-state index in [0.717, 1.165) is 25.0 Å². The van der Waals surface area contributed by atoms with Gasteiger partial charge in [0, 0.05) is 12.1 Å². The van der Waals surface area contributed by atoms with Crippen molar-refractivity contribution in [3.05, 3.63) is 53.3 Å². The van der Waals surface area contributed by atoms with Crippen molar-refractivity contribution in [3.8, 4) is 0 Å². The Hall–Kier alpha value is -2.97. The van der Waals surface area contributed by atoms with Gasteiger partial charge in [-0.1, -0.05) is 12.1 Å². The zero-order valence-corrected chi connectivity index (χ0v) is 14.4. The first-order chi connectivity index (χ1) is 12.7. The SMILES string of the molecule is C[C@@H](NC(=O)c1ccnc(NC(=O)C2CC2)n1)c1cccc(C(F)(F)F)c1. The minimum Gasteiger partial charge on any atom is -0.344 e. The molecule has 0 bridgehead atoms. The minimum atomic E-state index is -4.46. The molecule has 1 aliphatic rings. The number of benzene rings is 1. The standard InChI is InChI=1S/C18H17F3N4O2/c1-10(12-3-2-4-13(9-12)18(19,20)21)23-16(27)14-7-8-22-17(24-14)25-15(26)11-5-6-11/h2-4,7-11H,5-6H2,1H3,(H,23,27)(H,22,24,25,26)/t10-/m1/s1. The molecule has 1 heterocycles. The average Bonchev–Trinajstić information content (AvgIpc) is 3.46. The van der Waals surface area contributed by atoms with Crippen LogP contribution in [0.15, 0.2) is 36.5 Å². The van der Waals surface area contributed by atoms with E-state index < -0.39 is 23.7 Å². The third-order valence-corrected chi connectivity index (χ3v) is 4.13. The fraction of sp³-hybridized carbons (Fsp3) is 0.333. The maximum Gasteiger partial charge on any atom is 0.416 e. The Labute approximate surface area is 153 Å². The van der Waals surface area contributed by atoms with Gasteiger partial charge >= 0.3 is 6.18 Å². The number of nitrogens with one attached hydrogen (secondary N) is 2. The van der Waals surface area contributed by atoms with Crippen molar-refractivity contribution in [3.63, 3.8) is 0 Å². The molecule has 1 aromatic carbocycles. The van der Waals surface area contributed by atoms with E-state index in [4.69, 9.17) is 0 Å². The van der Waals surface area contributed by atoms with Crippen LogP contribution in [0.25, 0.3) is 0 Å². The van der Waals surface area contributed by atoms with Crippen LogP contribution in [0.4, 0.5) is 19.1 Å². The van der Waals surface area contributed by atoms with Crippen LogP contribution < -0.4 is 10.6 Å². The molecule has 9 heteroatoms. The van der Waals surface area contributed by atoms with Gasteiger partial charge in [-0.05, 0) is 43.5 Å². The molecule has 1 aliphatic carbocycles. The van der Waals surface area contributed by atoms with Crippen LogP contribution in [0.1, 0.15) is 47.4 Å². The Balaban J connectivity index is 1.68. The van der Waals surface area contributed by atoms with E-state index >= 15 is 0 Å². The van der Waals surface area contributed by atoms with Gasteiger partial charge in [0.15, 0.2) is 0 Å². The molecule has 0 radical (unpaired) electrons. The summed E-state index contributed by atoms with van der Waals surface area (Å²) in [7, 11) is 0. The summed E-state index contributed by atoms with van der Waals surface area (Å²) in [5.74, 6) is -0.785. The lowest BCUT2D eigenvalue weighted by Gasteiger charge is -2.16. The normalized spacial score (nSPS) is 15.1. The van der Waals surface area contributed by atoms with Crippen LogP contribution in [-0.2, 0) is 11.0 Å². The summed E-state index contributed by atoms with van der Waals surface area (Å²) in [6, 6.07) is 5.45. The van der Waals surface area contributed by atoms with Crippen LogP contribution in [0, 0.1) is 5.92 Å². The maximum absolute atomic E-state index is 12.8. The smallest absolute Gasteiger partial charge is 0.344 e. The number of hydrogen-bond acceptors (Lipinski definition) is 4. The average molecular weight is 378 g/mol. The zero-order chi connectivity index (χ0) is 19.6. The fourth-order valence-corrected chi connectivity index (χ4v) is 2.44. The highest BCUT2D eigenvalue weighted by molar-refractivity contribution is 5.95. The molecule has 0 spiro atoms. The number of rotatable bonds is 5. The molecule has 2 aromatic rings. The number of anilines is 1. The number of nitrogens with zero attached hydrogens (tertiary/aromatic N) is 2. The number of carbonyl (C=O) groups is 2. The lowest BCUT2D eigenvalue weighted by molar-refractivity contribution is -0.137. The van der Waals surface area contributed by atoms with E-state index in [9.17, 15) is 22.8 Å². The van der Waals surface area contributed by atoms with Crippen LogP contribution in [-0.4, -0.2) is 21.8 Å². The number of alkyl halides is 3. The number of halogens is 3. The van der Waals surface area contributed by atoms with Crippen molar-refractivity contribution >= 4 is 17.8 Å². The predicted molar refractivity (Wildman–Crippen MR) is 90.7 cm³/mol. The summed E-state index contributed by atoms with van der Waals surface area (Å²) in [4.78, 5) is 32.0. The Bertz CT molecular complexity index is 866. The Morgan fingerprint density at radius 3 is 2.63 bits per heavy atom. The Morgan fingerprint density at radius 2 is 1.96 bits per heavy atom. The van der Waals surface area contributed by atoms with E-state index in [1.165, 1.54) is 24.4 Å². The second-order valence-corrected chi connectivity index (χ2v) is 6.35. The Morgan fingerprint density at radius 1 is 1.22 bits per heavy atom. The summed E-state index contributed by atoms with van der Waals surface area (Å²) < 4.78 is 38.5. The monoisotopic (exact) mass is 378 g/mol. The van der Waals surface area contributed by atoms with Gasteiger partial charge in [-0.25, -0.2) is 9.97 Å². The molecule has 2 N–H and O–H groups in total. The molecule has 2 amide bonds. The molecular weight excluding hydrogens is 361 g/mol. The van der Waals surface area contributed by atoms with Gasteiger partial charge in [0.1, 0.15) is 5.69 Å². The summed E-state index contributed by atoms with van der Waals surface area (Å²) in [6.07, 6.45) is -1.48. The van der Waals surface area contributed by atoms with Gasteiger partial charge in [-0.15, -0.1) is 0 Å². The predicted octanol–water partition coefficient (Wildman–Crippen LogP) is 3.33. The molecule has 0 unspecified atom stereocenters. The highest BCUT2D eigenvalue weighted by atomic mass is 19.4. The van der Waals surface area contributed by atoms with Crippen LogP contribution >= 0.6 is 0 Å². The van der Waals surface area contributed by atoms with Crippen LogP contribution in [0.3, 0.4) is 0 Å². The van der Waals surface area contributed by atoms with Crippen molar-refractivity contribution in [2.75, 3.05) is 5.32 Å². The van der Waals surface area contributed by atoms with Gasteiger partial charge in [0.25, 0.3) is 5.91 Å². The highest BCUT2D eigenvalue weighted by Gasteiger charge is 2.31. The third kappa shape index (κ3) is 4.81. The molecule has 0 saturated heterocycles. The highest BCUT2D eigenvalue weighted by Crippen LogP contribution is 2.31. The maximum atomic E-state index is 12.8. The molecular formula is C18H17F3N4O2. The summed E-state index contributed by atoms with van der Waals surface area (Å²) in [5, 5.41) is 5.14. The fourth-order valence-electron chi connectivity index (χ4n) is 2.44. The number of carbonyl (C=O) groups excluding carboxylic acids is 2. The van der Waals surface area contributed by atoms with E-state index in [1.807, 2.05) is 0 Å². The second-order valence-electron chi connectivity index (χ2n) is 6.35. The van der Waals surface area contributed by atoms with Crippen LogP contribution in [0.5, 0.6) is 0 Å². The summed E-state index contributed by atoms with van der Waals surface area (Å²) in [5.41, 5.74) is -0.461. The molecule has 0 aliphatic heterocycles. The van der Waals surface area contributed by atoms with Crippen molar-refractivity contribution in [2.24, 2.45) is 5.92 Å². The van der Waals surface area contributed by atoms with Gasteiger partial charge in [0.2, 0.25) is 11.9 Å². The van der Waals surface area contributed by atoms with Crippen molar-refractivity contribution in [2.45, 2.75) is 32.0 Å². The second kappa shape index (κ2) is 7.34. The van der Waals surface area contributed by atoms with Crippen molar-refractivity contribution in [1.82, 2.24) is 15.3 Å². The van der Waals surface area contributed by atoms with E-state index in [1.54, 1.807) is 6.92 Å². The Kier molecular flexibility index (Phi) is 5.11. The van der Waals surface area contributed by atoms with Gasteiger partial charge < -0.3 is 5.32 Å². The zero-order valence-electron chi connectivity index (χ0n) is 14.4. The number of aromatic nitrogens is 2. The number of hydrogen-bond donors (Lipinski definition) is 2. The summed E-state index contributed by atoms with van der Waals surface area (Å²) >= 11 is 0. The number of amides is 2. The largest absolute Gasteiger partial charge is 0.416 e. The molecule has 1 atom stereocenters. The first-order valence-corrected chi connectivity index (χ1v) is 8.36. The quantitative estimate of drug-likeness (QED) is 0.836. The van der Waals surface area contributed by atoms with Gasteiger partial charge in [0.05, 0.1) is 11.6 Å². The molecule has 3 rings (SSSR count). The molecule has 142 valence electrons. The van der Waals surface area contributed by atoms with Crippen LogP contribution in [0.2, 0.25) is 0 Å². The first-order valence-electron chi connectivity index (χ1n) is 8.36. The topological polar surface area (TPSA) is 84.0 Å². The van der Waals surface area contributed by atoms with E-state index in [2.05, 4.69) is 20.6 Å². The lowest BCUT2D eigenvalue weighted by atomic mass is 10.0. The first kappa shape index (κ1) is 18.8. The molecule has 6 nitrogen and oxygen atoms in total. The van der Waals surface area contributed by atoms with Crippen molar-refractivity contribution < 1.29 is 22.8 Å². The van der Waals surface area contributed by atoms with E-state index in [0.29, 0.717) is 5.56 Å². The third-order valence-electron chi connectivity index (χ3n) is 4.13. The molecule has 1 fully saturated rings. The van der Waals surface area contributed by atoms with E-state index in [-0.39, 0.29) is 23.5 Å². The molecule has 1 saturated carbocycles. The minimum absolute atomic E-state index is 0.00919. The van der Waals surface area contributed by atoms with Crippen molar-refractivity contribution in [1.29, 1.82) is 0 Å². The van der Waals surface area contributed by atoms with Gasteiger partial charge in [-0.2, -0.15) is 13.2 Å².